The van der Waals surface area contributed by atoms with Gasteiger partial charge in [-0.3, -0.25) is 13.9 Å². The highest BCUT2D eigenvalue weighted by Gasteiger charge is 2.29. The lowest BCUT2D eigenvalue weighted by atomic mass is 10.2. The van der Waals surface area contributed by atoms with Crippen LogP contribution in [0.25, 0.3) is 0 Å². The average molecular weight is 401 g/mol. The van der Waals surface area contributed by atoms with Crippen molar-refractivity contribution in [1.29, 1.82) is 0 Å². The molecule has 1 saturated carbocycles. The number of hydrogen-bond acceptors (Lipinski definition) is 4. The van der Waals surface area contributed by atoms with Crippen molar-refractivity contribution in [1.82, 2.24) is 0 Å². The Morgan fingerprint density at radius 1 is 1.04 bits per heavy atom. The van der Waals surface area contributed by atoms with Crippen molar-refractivity contribution in [2.45, 2.75) is 19.8 Å². The molecule has 1 fully saturated rings. The molecular formula is C20H23N3O4S. The van der Waals surface area contributed by atoms with E-state index in [1.807, 2.05) is 0 Å². The van der Waals surface area contributed by atoms with E-state index < -0.39 is 15.9 Å². The second-order valence-electron chi connectivity index (χ2n) is 6.95. The van der Waals surface area contributed by atoms with E-state index in [1.54, 1.807) is 55.5 Å². The molecule has 0 unspecified atom stereocenters. The smallest absolute Gasteiger partial charge is 0.245 e. The molecule has 2 N–H and O–H groups in total. The van der Waals surface area contributed by atoms with Crippen LogP contribution in [0.5, 0.6) is 0 Å². The second kappa shape index (κ2) is 8.02. The number of aryl methyl sites for hydroxylation is 1. The Balaban J connectivity index is 1.71. The maximum absolute atomic E-state index is 12.5. The lowest BCUT2D eigenvalue weighted by Crippen LogP contribution is -2.37. The Labute approximate surface area is 164 Å². The zero-order valence-electron chi connectivity index (χ0n) is 15.8. The van der Waals surface area contributed by atoms with Crippen LogP contribution in [0, 0.1) is 12.8 Å². The van der Waals surface area contributed by atoms with Crippen LogP contribution in [0.15, 0.2) is 48.5 Å². The third-order valence-corrected chi connectivity index (χ3v) is 5.56. The molecule has 7 nitrogen and oxygen atoms in total. The molecule has 8 heteroatoms. The zero-order valence-corrected chi connectivity index (χ0v) is 16.6. The summed E-state index contributed by atoms with van der Waals surface area (Å²) in [5.41, 5.74) is 2.29. The Morgan fingerprint density at radius 2 is 1.68 bits per heavy atom. The Hall–Kier alpha value is -2.87. The normalized spacial score (nSPS) is 13.6. The van der Waals surface area contributed by atoms with Gasteiger partial charge in [-0.15, -0.1) is 0 Å². The highest BCUT2D eigenvalue weighted by Crippen LogP contribution is 2.30. The number of carbonyl (C=O) groups excluding carboxylic acids is 2. The topological polar surface area (TPSA) is 95.6 Å². The van der Waals surface area contributed by atoms with Gasteiger partial charge in [-0.05, 0) is 49.6 Å². The van der Waals surface area contributed by atoms with Gasteiger partial charge >= 0.3 is 0 Å². The largest absolute Gasteiger partial charge is 0.326 e. The van der Waals surface area contributed by atoms with Crippen LogP contribution in [0.4, 0.5) is 17.1 Å². The van der Waals surface area contributed by atoms with Crippen LogP contribution < -0.4 is 14.9 Å². The fraction of sp³-hybridized carbons (Fsp3) is 0.300. The molecule has 0 heterocycles. The Morgan fingerprint density at radius 3 is 2.29 bits per heavy atom. The third-order valence-electron chi connectivity index (χ3n) is 4.43. The summed E-state index contributed by atoms with van der Waals surface area (Å²) in [5, 5.41) is 5.52. The summed E-state index contributed by atoms with van der Waals surface area (Å²) in [6.45, 7) is 1.44. The minimum absolute atomic E-state index is 0.0220. The van der Waals surface area contributed by atoms with Crippen molar-refractivity contribution < 1.29 is 18.0 Å². The van der Waals surface area contributed by atoms with Gasteiger partial charge in [-0.1, -0.05) is 24.3 Å². The van der Waals surface area contributed by atoms with Crippen molar-refractivity contribution in [3.8, 4) is 0 Å². The molecule has 0 saturated heterocycles. The first-order valence-electron chi connectivity index (χ1n) is 8.98. The molecule has 0 radical (unpaired) electrons. The number of nitrogens with zero attached hydrogens (tertiary/aromatic N) is 1. The SMILES string of the molecule is Cc1ccccc1N(CC(=O)Nc1cccc(NC(=O)C2CC2)c1)S(C)(=O)=O. The first-order chi connectivity index (χ1) is 13.2. The number of para-hydroxylation sites is 1. The summed E-state index contributed by atoms with van der Waals surface area (Å²) in [6.07, 6.45) is 2.88. The van der Waals surface area contributed by atoms with Gasteiger partial charge in [-0.2, -0.15) is 0 Å². The molecule has 28 heavy (non-hydrogen) atoms. The standard InChI is InChI=1S/C20H23N3O4S/c1-14-6-3-4-9-18(14)23(28(2,26)27)13-19(24)21-16-7-5-8-17(12-16)22-20(25)15-10-11-15/h3-9,12,15H,10-11,13H2,1-2H3,(H,21,24)(H,22,25). The van der Waals surface area contributed by atoms with Crippen LogP contribution in [0.3, 0.4) is 0 Å². The van der Waals surface area contributed by atoms with E-state index in [0.29, 0.717) is 17.1 Å². The summed E-state index contributed by atoms with van der Waals surface area (Å²) in [5.74, 6) is -0.415. The van der Waals surface area contributed by atoms with E-state index in [4.69, 9.17) is 0 Å². The molecule has 2 aromatic carbocycles. The van der Waals surface area contributed by atoms with E-state index in [2.05, 4.69) is 10.6 Å². The predicted molar refractivity (Wildman–Crippen MR) is 110 cm³/mol. The fourth-order valence-corrected chi connectivity index (χ4v) is 3.73. The maximum Gasteiger partial charge on any atom is 0.245 e. The number of amides is 2. The molecule has 0 aliphatic heterocycles. The molecule has 2 amide bonds. The number of anilines is 3. The van der Waals surface area contributed by atoms with Crippen LogP contribution >= 0.6 is 0 Å². The molecular weight excluding hydrogens is 378 g/mol. The average Bonchev–Trinajstić information content (AvgIpc) is 3.45. The van der Waals surface area contributed by atoms with Crippen molar-refractivity contribution in [3.63, 3.8) is 0 Å². The van der Waals surface area contributed by atoms with E-state index in [1.165, 1.54) is 0 Å². The maximum atomic E-state index is 12.5. The van der Waals surface area contributed by atoms with Crippen LogP contribution in [0.1, 0.15) is 18.4 Å². The molecule has 0 atom stereocenters. The summed E-state index contributed by atoms with van der Waals surface area (Å²) < 4.78 is 25.5. The highest BCUT2D eigenvalue weighted by atomic mass is 32.2. The minimum Gasteiger partial charge on any atom is -0.326 e. The molecule has 0 aromatic heterocycles. The fourth-order valence-electron chi connectivity index (χ4n) is 2.82. The van der Waals surface area contributed by atoms with Gasteiger partial charge in [0.15, 0.2) is 0 Å². The minimum atomic E-state index is -3.64. The van der Waals surface area contributed by atoms with Crippen LogP contribution in [-0.4, -0.2) is 33.0 Å². The number of hydrogen-bond donors (Lipinski definition) is 2. The highest BCUT2D eigenvalue weighted by molar-refractivity contribution is 7.92. The number of sulfonamides is 1. The monoisotopic (exact) mass is 401 g/mol. The Bertz CT molecular complexity index is 1000. The third kappa shape index (κ3) is 5.10. The van der Waals surface area contributed by atoms with Crippen LogP contribution in [-0.2, 0) is 19.6 Å². The van der Waals surface area contributed by atoms with Gasteiger partial charge in [-0.25, -0.2) is 8.42 Å². The van der Waals surface area contributed by atoms with Crippen molar-refractivity contribution >= 4 is 38.9 Å². The zero-order chi connectivity index (χ0) is 20.3. The molecule has 0 bridgehead atoms. The first kappa shape index (κ1) is 19.9. The van der Waals surface area contributed by atoms with Crippen molar-refractivity contribution in [3.05, 3.63) is 54.1 Å². The number of benzene rings is 2. The van der Waals surface area contributed by atoms with Gasteiger partial charge in [0, 0.05) is 17.3 Å². The number of nitrogens with one attached hydrogen (secondary N) is 2. The van der Waals surface area contributed by atoms with Gasteiger partial charge in [0.2, 0.25) is 21.8 Å². The van der Waals surface area contributed by atoms with E-state index in [9.17, 15) is 18.0 Å². The van der Waals surface area contributed by atoms with E-state index >= 15 is 0 Å². The first-order valence-corrected chi connectivity index (χ1v) is 10.8. The molecule has 0 spiro atoms. The Kier molecular flexibility index (Phi) is 5.69. The second-order valence-corrected chi connectivity index (χ2v) is 8.86. The van der Waals surface area contributed by atoms with Crippen molar-refractivity contribution in [2.75, 3.05) is 27.7 Å². The summed E-state index contributed by atoms with van der Waals surface area (Å²) in [7, 11) is -3.64. The molecule has 148 valence electrons. The predicted octanol–water partition coefficient (Wildman–Crippen LogP) is 2.75. The van der Waals surface area contributed by atoms with E-state index in [-0.39, 0.29) is 18.4 Å². The lowest BCUT2D eigenvalue weighted by Gasteiger charge is -2.23. The van der Waals surface area contributed by atoms with Gasteiger partial charge in [0.25, 0.3) is 0 Å². The molecule has 1 aliphatic rings. The lowest BCUT2D eigenvalue weighted by molar-refractivity contribution is -0.117. The van der Waals surface area contributed by atoms with Gasteiger partial charge in [0.05, 0.1) is 11.9 Å². The molecule has 1 aliphatic carbocycles. The summed E-state index contributed by atoms with van der Waals surface area (Å²) in [6, 6.07) is 13.8. The van der Waals surface area contributed by atoms with E-state index in [0.717, 1.165) is 29.0 Å². The summed E-state index contributed by atoms with van der Waals surface area (Å²) in [4.78, 5) is 24.4. The van der Waals surface area contributed by atoms with Crippen molar-refractivity contribution in [2.24, 2.45) is 5.92 Å². The number of carbonyl (C=O) groups is 2. The number of rotatable bonds is 7. The van der Waals surface area contributed by atoms with Gasteiger partial charge in [0.1, 0.15) is 6.54 Å². The van der Waals surface area contributed by atoms with Gasteiger partial charge < -0.3 is 10.6 Å². The van der Waals surface area contributed by atoms with Crippen LogP contribution in [0.2, 0.25) is 0 Å². The quantitative estimate of drug-likeness (QED) is 0.746. The molecule has 3 rings (SSSR count). The summed E-state index contributed by atoms with van der Waals surface area (Å²) >= 11 is 0. The molecule has 2 aromatic rings.